The van der Waals surface area contributed by atoms with Gasteiger partial charge in [-0.2, -0.15) is 0 Å². The Kier molecular flexibility index (Phi) is 12.0. The van der Waals surface area contributed by atoms with Crippen LogP contribution in [0, 0.1) is 5.92 Å². The summed E-state index contributed by atoms with van der Waals surface area (Å²) in [4.78, 5) is 7.13. The van der Waals surface area contributed by atoms with E-state index in [1.165, 1.54) is 11.3 Å². The van der Waals surface area contributed by atoms with Crippen molar-refractivity contribution >= 4 is 35.6 Å². The van der Waals surface area contributed by atoms with E-state index in [2.05, 4.69) is 71.8 Å². The molecule has 2 heterocycles. The molecular weight excluding hydrogens is 529 g/mol. The van der Waals surface area contributed by atoms with Gasteiger partial charge in [-0.25, -0.2) is 4.99 Å². The second-order valence-corrected chi connectivity index (χ2v) is 8.56. The first-order valence-electron chi connectivity index (χ1n) is 12.1. The number of anilines is 1. The molecule has 184 valence electrons. The fourth-order valence-electron chi connectivity index (χ4n) is 4.18. The van der Waals surface area contributed by atoms with Crippen LogP contribution in [0.5, 0.6) is 0 Å². The second-order valence-electron chi connectivity index (χ2n) is 8.56. The van der Waals surface area contributed by atoms with Gasteiger partial charge in [0.25, 0.3) is 0 Å². The van der Waals surface area contributed by atoms with Crippen LogP contribution in [0.25, 0.3) is 0 Å². The predicted octanol–water partition coefficient (Wildman–Crippen LogP) is 4.66. The van der Waals surface area contributed by atoms with E-state index in [1.807, 2.05) is 0 Å². The van der Waals surface area contributed by atoms with E-state index in [4.69, 9.17) is 9.52 Å². The number of rotatable bonds is 10. The van der Waals surface area contributed by atoms with Crippen LogP contribution < -0.4 is 15.5 Å². The summed E-state index contributed by atoms with van der Waals surface area (Å²) in [5, 5.41) is 20.2. The molecule has 3 rings (SSSR count). The molecule has 0 amide bonds. The smallest absolute Gasteiger partial charge is 0.191 e. The van der Waals surface area contributed by atoms with Gasteiger partial charge in [0, 0.05) is 43.9 Å². The van der Waals surface area contributed by atoms with Crippen LogP contribution in [0.3, 0.4) is 0 Å². The Morgan fingerprint density at radius 1 is 1.15 bits per heavy atom. The fourth-order valence-corrected chi connectivity index (χ4v) is 4.18. The quantitative estimate of drug-likeness (QED) is 0.219. The van der Waals surface area contributed by atoms with Crippen molar-refractivity contribution in [1.82, 2.24) is 15.8 Å². The molecule has 0 unspecified atom stereocenters. The average Bonchev–Trinajstić information content (AvgIpc) is 3.31. The number of halogens is 1. The van der Waals surface area contributed by atoms with Gasteiger partial charge in [-0.15, -0.1) is 24.0 Å². The third-order valence-electron chi connectivity index (χ3n) is 6.35. The minimum atomic E-state index is 0. The number of benzene rings is 1. The van der Waals surface area contributed by atoms with Crippen LogP contribution in [0.4, 0.5) is 5.69 Å². The van der Waals surface area contributed by atoms with Crippen molar-refractivity contribution in [2.75, 3.05) is 31.1 Å². The lowest BCUT2D eigenvalue weighted by Crippen LogP contribution is -2.36. The maximum absolute atomic E-state index is 9.32. The molecule has 7 nitrogen and oxygen atoms in total. The predicted molar refractivity (Wildman–Crippen MR) is 145 cm³/mol. The van der Waals surface area contributed by atoms with Crippen LogP contribution >= 0.6 is 24.0 Å². The van der Waals surface area contributed by atoms with Crippen molar-refractivity contribution < 1.29 is 9.63 Å². The summed E-state index contributed by atoms with van der Waals surface area (Å²) in [5.41, 5.74) is 3.46. The summed E-state index contributed by atoms with van der Waals surface area (Å²) in [6, 6.07) is 10.7. The van der Waals surface area contributed by atoms with Crippen molar-refractivity contribution in [3.8, 4) is 0 Å². The molecule has 1 aliphatic heterocycles. The molecule has 8 heteroatoms. The highest BCUT2D eigenvalue weighted by molar-refractivity contribution is 14.0. The number of piperidine rings is 1. The van der Waals surface area contributed by atoms with Crippen LogP contribution in [-0.4, -0.2) is 42.5 Å². The minimum absolute atomic E-state index is 0. The molecule has 2 aromatic rings. The standard InChI is InChI=1S/C25H39N5O2.HI/c1-4-21(5-2)24-15-23(32-29-24)17-28-25(26-6-3)27-16-19-7-9-22(10-8-19)30-13-11-20(18-31)12-14-30;/h7-10,15,20-21,31H,4-6,11-14,16-18H2,1-3H3,(H2,26,27,28);1H. The lowest BCUT2D eigenvalue weighted by atomic mass is 9.97. The fraction of sp³-hybridized carbons (Fsp3) is 0.600. The minimum Gasteiger partial charge on any atom is -0.396 e. The summed E-state index contributed by atoms with van der Waals surface area (Å²) in [6.07, 6.45) is 4.26. The highest BCUT2D eigenvalue weighted by Crippen LogP contribution is 2.24. The van der Waals surface area contributed by atoms with Gasteiger partial charge in [0.1, 0.15) is 0 Å². The summed E-state index contributed by atoms with van der Waals surface area (Å²) >= 11 is 0. The largest absolute Gasteiger partial charge is 0.396 e. The van der Waals surface area contributed by atoms with Gasteiger partial charge in [0.2, 0.25) is 0 Å². The Morgan fingerprint density at radius 2 is 1.85 bits per heavy atom. The summed E-state index contributed by atoms with van der Waals surface area (Å²) in [7, 11) is 0. The monoisotopic (exact) mass is 569 g/mol. The van der Waals surface area contributed by atoms with Gasteiger partial charge >= 0.3 is 0 Å². The Labute approximate surface area is 215 Å². The second kappa shape index (κ2) is 14.5. The zero-order chi connectivity index (χ0) is 22.8. The number of nitrogens with one attached hydrogen (secondary N) is 2. The van der Waals surface area contributed by atoms with E-state index in [0.29, 0.717) is 31.5 Å². The average molecular weight is 570 g/mol. The SMILES string of the molecule is CCNC(=NCc1ccc(N2CCC(CO)CC2)cc1)NCc1cc(C(CC)CC)no1.I. The van der Waals surface area contributed by atoms with Crippen molar-refractivity contribution in [3.63, 3.8) is 0 Å². The van der Waals surface area contributed by atoms with Gasteiger partial charge in [0.05, 0.1) is 18.8 Å². The molecule has 0 radical (unpaired) electrons. The highest BCUT2D eigenvalue weighted by Gasteiger charge is 2.18. The van der Waals surface area contributed by atoms with Gasteiger partial charge in [-0.1, -0.05) is 31.1 Å². The van der Waals surface area contributed by atoms with Crippen molar-refractivity contribution in [3.05, 3.63) is 47.3 Å². The molecule has 1 fully saturated rings. The first-order valence-corrected chi connectivity index (χ1v) is 12.1. The third-order valence-corrected chi connectivity index (χ3v) is 6.35. The molecule has 0 aliphatic carbocycles. The Morgan fingerprint density at radius 3 is 2.45 bits per heavy atom. The van der Waals surface area contributed by atoms with Crippen molar-refractivity contribution in [1.29, 1.82) is 0 Å². The van der Waals surface area contributed by atoms with E-state index in [9.17, 15) is 5.11 Å². The van der Waals surface area contributed by atoms with Gasteiger partial charge in [-0.3, -0.25) is 0 Å². The summed E-state index contributed by atoms with van der Waals surface area (Å²) in [5.74, 6) is 2.51. The molecule has 0 spiro atoms. The van der Waals surface area contributed by atoms with E-state index < -0.39 is 0 Å². The van der Waals surface area contributed by atoms with Crippen LogP contribution in [0.2, 0.25) is 0 Å². The number of aromatic nitrogens is 1. The topological polar surface area (TPSA) is 85.9 Å². The molecule has 3 N–H and O–H groups in total. The number of aliphatic hydroxyl groups excluding tert-OH is 1. The number of hydrogen-bond donors (Lipinski definition) is 3. The van der Waals surface area contributed by atoms with Crippen LogP contribution in [0.1, 0.15) is 69.4 Å². The Hall–Kier alpha value is -1.81. The zero-order valence-corrected chi connectivity index (χ0v) is 22.5. The Bertz CT molecular complexity index is 828. The first-order chi connectivity index (χ1) is 15.7. The van der Waals surface area contributed by atoms with Gasteiger partial charge < -0.3 is 25.2 Å². The van der Waals surface area contributed by atoms with E-state index in [1.54, 1.807) is 0 Å². The van der Waals surface area contributed by atoms with Crippen molar-refractivity contribution in [2.45, 2.75) is 65.5 Å². The molecule has 1 aliphatic rings. The molecule has 1 saturated heterocycles. The lowest BCUT2D eigenvalue weighted by molar-refractivity contribution is 0.203. The molecule has 33 heavy (non-hydrogen) atoms. The van der Waals surface area contributed by atoms with E-state index in [0.717, 1.165) is 62.7 Å². The van der Waals surface area contributed by atoms with Gasteiger partial charge in [0.15, 0.2) is 11.7 Å². The van der Waals surface area contributed by atoms with Crippen LogP contribution in [-0.2, 0) is 13.1 Å². The highest BCUT2D eigenvalue weighted by atomic mass is 127. The number of aliphatic imine (C=N–C) groups is 1. The normalized spacial score (nSPS) is 14.9. The van der Waals surface area contributed by atoms with Crippen molar-refractivity contribution in [2.24, 2.45) is 10.9 Å². The van der Waals surface area contributed by atoms with E-state index >= 15 is 0 Å². The number of hydrogen-bond acceptors (Lipinski definition) is 5. The maximum atomic E-state index is 9.32. The molecule has 1 aromatic carbocycles. The molecule has 0 bridgehead atoms. The summed E-state index contributed by atoms with van der Waals surface area (Å²) < 4.78 is 5.51. The molecule has 1 aromatic heterocycles. The maximum Gasteiger partial charge on any atom is 0.191 e. The van der Waals surface area contributed by atoms with Gasteiger partial charge in [-0.05, 0) is 56.2 Å². The summed E-state index contributed by atoms with van der Waals surface area (Å²) in [6.45, 7) is 10.7. The first kappa shape index (κ1) is 27.4. The third kappa shape index (κ3) is 8.17. The lowest BCUT2D eigenvalue weighted by Gasteiger charge is -2.32. The van der Waals surface area contributed by atoms with E-state index in [-0.39, 0.29) is 24.0 Å². The Balaban J connectivity index is 0.00000385. The molecule has 0 atom stereocenters. The zero-order valence-electron chi connectivity index (χ0n) is 20.2. The number of aliphatic hydroxyl groups is 1. The number of nitrogens with zero attached hydrogens (tertiary/aromatic N) is 3. The van der Waals surface area contributed by atoms with Crippen LogP contribution in [0.15, 0.2) is 39.8 Å². The molecular formula is C25H40IN5O2. The molecule has 0 saturated carbocycles. The number of guanidine groups is 1.